The van der Waals surface area contributed by atoms with Crippen LogP contribution in [-0.4, -0.2) is 49.8 Å². The van der Waals surface area contributed by atoms with E-state index >= 15 is 0 Å². The highest BCUT2D eigenvalue weighted by molar-refractivity contribution is 5.85. The molecule has 2 saturated heterocycles. The molecule has 8 heteroatoms. The largest absolute Gasteiger partial charge is 0.366 e. The molecule has 2 aliphatic heterocycles. The summed E-state index contributed by atoms with van der Waals surface area (Å²) in [5.74, 6) is 0.966. The predicted octanol–water partition coefficient (Wildman–Crippen LogP) is 1.13. The lowest BCUT2D eigenvalue weighted by molar-refractivity contribution is -0.134. The number of carbonyl (C=O) groups excluding carboxylic acids is 1. The van der Waals surface area contributed by atoms with Crippen LogP contribution in [0.3, 0.4) is 0 Å². The van der Waals surface area contributed by atoms with Crippen LogP contribution in [0.1, 0.15) is 18.4 Å². The number of nitrogens with one attached hydrogen (secondary N) is 2. The van der Waals surface area contributed by atoms with Crippen molar-refractivity contribution in [3.63, 3.8) is 0 Å². The number of pyridine rings is 1. The third-order valence-electron chi connectivity index (χ3n) is 3.93. The number of amides is 1. The van der Waals surface area contributed by atoms with E-state index in [1.54, 1.807) is 0 Å². The first-order chi connectivity index (χ1) is 10.3. The van der Waals surface area contributed by atoms with Gasteiger partial charge >= 0.3 is 0 Å². The second-order valence-electron chi connectivity index (χ2n) is 5.50. The number of anilines is 1. The van der Waals surface area contributed by atoms with Crippen molar-refractivity contribution in [3.8, 4) is 0 Å². The summed E-state index contributed by atoms with van der Waals surface area (Å²) in [6.45, 7) is 4.66. The van der Waals surface area contributed by atoms with E-state index in [0.29, 0.717) is 19.7 Å². The van der Waals surface area contributed by atoms with Gasteiger partial charge in [0.1, 0.15) is 11.9 Å². The second kappa shape index (κ2) is 9.93. The number of aromatic nitrogens is 1. The molecule has 0 saturated carbocycles. The maximum Gasteiger partial charge on any atom is 0.250 e. The molecule has 1 amide bonds. The number of nitrogens with zero attached hydrogens (tertiary/aromatic N) is 2. The lowest BCUT2D eigenvalue weighted by Gasteiger charge is -2.22. The summed E-state index contributed by atoms with van der Waals surface area (Å²) in [6, 6.07) is 4.06. The zero-order valence-corrected chi connectivity index (χ0v) is 14.6. The molecule has 6 nitrogen and oxygen atoms in total. The highest BCUT2D eigenvalue weighted by Crippen LogP contribution is 2.17. The van der Waals surface area contributed by atoms with Crippen LogP contribution in [0.4, 0.5) is 5.82 Å². The SMILES string of the molecule is Cl.Cl.O=C(NCc1ccc(N2CCCC2)nc1)C1CNCCO1. The van der Waals surface area contributed by atoms with E-state index in [1.165, 1.54) is 12.8 Å². The standard InChI is InChI=1S/C15H22N4O2.2ClH/c20-15(13-11-16-5-8-21-13)18-10-12-3-4-14(17-9-12)19-6-1-2-7-19;;/h3-4,9,13,16H,1-2,5-8,10-11H2,(H,18,20);2*1H. The Kier molecular flexibility index (Phi) is 8.62. The first-order valence-corrected chi connectivity index (χ1v) is 7.63. The highest BCUT2D eigenvalue weighted by atomic mass is 35.5. The molecule has 0 aliphatic carbocycles. The van der Waals surface area contributed by atoms with Gasteiger partial charge in [0.25, 0.3) is 5.91 Å². The first kappa shape index (κ1) is 20.0. The molecule has 0 bridgehead atoms. The highest BCUT2D eigenvalue weighted by Gasteiger charge is 2.21. The lowest BCUT2D eigenvalue weighted by atomic mass is 10.2. The number of hydrogen-bond donors (Lipinski definition) is 2. The van der Waals surface area contributed by atoms with Gasteiger partial charge in [0, 0.05) is 38.9 Å². The molecule has 3 heterocycles. The smallest absolute Gasteiger partial charge is 0.250 e. The zero-order valence-electron chi connectivity index (χ0n) is 13.0. The molecule has 2 N–H and O–H groups in total. The van der Waals surface area contributed by atoms with Crippen molar-refractivity contribution >= 4 is 36.5 Å². The Labute approximate surface area is 149 Å². The van der Waals surface area contributed by atoms with Crippen LogP contribution in [0.15, 0.2) is 18.3 Å². The van der Waals surface area contributed by atoms with Crippen LogP contribution in [0.5, 0.6) is 0 Å². The molecule has 2 fully saturated rings. The summed E-state index contributed by atoms with van der Waals surface area (Å²) in [4.78, 5) is 18.7. The van der Waals surface area contributed by atoms with E-state index in [-0.39, 0.29) is 36.8 Å². The summed E-state index contributed by atoms with van der Waals surface area (Å²) in [5, 5.41) is 6.05. The molecule has 0 aromatic carbocycles. The van der Waals surface area contributed by atoms with E-state index in [4.69, 9.17) is 4.74 Å². The van der Waals surface area contributed by atoms with Gasteiger partial charge in [-0.3, -0.25) is 4.79 Å². The summed E-state index contributed by atoms with van der Waals surface area (Å²) < 4.78 is 5.42. The number of ether oxygens (including phenoxy) is 1. The topological polar surface area (TPSA) is 66.5 Å². The molecule has 1 atom stereocenters. The van der Waals surface area contributed by atoms with Crippen molar-refractivity contribution in [1.29, 1.82) is 0 Å². The number of carbonyl (C=O) groups is 1. The Morgan fingerprint density at radius 1 is 1.35 bits per heavy atom. The van der Waals surface area contributed by atoms with Gasteiger partial charge in [-0.2, -0.15) is 0 Å². The molecule has 3 rings (SSSR count). The Morgan fingerprint density at radius 2 is 2.13 bits per heavy atom. The molecular formula is C15H24Cl2N4O2. The number of rotatable bonds is 4. The molecule has 1 aromatic heterocycles. The number of morpholine rings is 1. The van der Waals surface area contributed by atoms with Crippen molar-refractivity contribution in [2.24, 2.45) is 0 Å². The third kappa shape index (κ3) is 5.49. The Balaban J connectivity index is 0.00000132. The normalized spacial score (nSPS) is 20.3. The molecule has 2 aliphatic rings. The van der Waals surface area contributed by atoms with Gasteiger partial charge in [-0.25, -0.2) is 4.98 Å². The van der Waals surface area contributed by atoms with Crippen molar-refractivity contribution in [2.45, 2.75) is 25.5 Å². The minimum absolute atomic E-state index is 0. The molecule has 1 aromatic rings. The van der Waals surface area contributed by atoms with Gasteiger partial charge in [-0.1, -0.05) is 6.07 Å². The minimum Gasteiger partial charge on any atom is -0.366 e. The quantitative estimate of drug-likeness (QED) is 0.840. The van der Waals surface area contributed by atoms with E-state index < -0.39 is 0 Å². The maximum atomic E-state index is 11.9. The average molecular weight is 363 g/mol. The van der Waals surface area contributed by atoms with Gasteiger partial charge in [0.15, 0.2) is 0 Å². The Morgan fingerprint density at radius 3 is 2.74 bits per heavy atom. The number of hydrogen-bond acceptors (Lipinski definition) is 5. The van der Waals surface area contributed by atoms with E-state index in [2.05, 4.69) is 20.5 Å². The van der Waals surface area contributed by atoms with Crippen LogP contribution in [0, 0.1) is 0 Å². The summed E-state index contributed by atoms with van der Waals surface area (Å²) in [6.07, 6.45) is 3.95. The van der Waals surface area contributed by atoms with Gasteiger partial charge in [0.2, 0.25) is 0 Å². The summed E-state index contributed by atoms with van der Waals surface area (Å²) in [7, 11) is 0. The fourth-order valence-corrected chi connectivity index (χ4v) is 2.69. The Hall–Kier alpha value is -1.08. The third-order valence-corrected chi connectivity index (χ3v) is 3.93. The molecule has 0 spiro atoms. The predicted molar refractivity (Wildman–Crippen MR) is 94.6 cm³/mol. The Bertz CT molecular complexity index is 475. The van der Waals surface area contributed by atoms with Crippen molar-refractivity contribution in [1.82, 2.24) is 15.6 Å². The van der Waals surface area contributed by atoms with E-state index in [9.17, 15) is 4.79 Å². The molecule has 1 unspecified atom stereocenters. The minimum atomic E-state index is -0.379. The molecular weight excluding hydrogens is 339 g/mol. The fourth-order valence-electron chi connectivity index (χ4n) is 2.69. The second-order valence-corrected chi connectivity index (χ2v) is 5.50. The van der Waals surface area contributed by atoms with Crippen molar-refractivity contribution in [2.75, 3.05) is 37.7 Å². The lowest BCUT2D eigenvalue weighted by Crippen LogP contribution is -2.47. The van der Waals surface area contributed by atoms with E-state index in [0.717, 1.165) is 31.0 Å². The van der Waals surface area contributed by atoms with Crippen molar-refractivity contribution < 1.29 is 9.53 Å². The van der Waals surface area contributed by atoms with Crippen LogP contribution in [-0.2, 0) is 16.1 Å². The van der Waals surface area contributed by atoms with Crippen LogP contribution >= 0.6 is 24.8 Å². The van der Waals surface area contributed by atoms with Gasteiger partial charge in [-0.15, -0.1) is 24.8 Å². The fraction of sp³-hybridized carbons (Fsp3) is 0.600. The van der Waals surface area contributed by atoms with Gasteiger partial charge in [-0.05, 0) is 24.5 Å². The van der Waals surface area contributed by atoms with Crippen LogP contribution in [0.2, 0.25) is 0 Å². The molecule has 130 valence electrons. The summed E-state index contributed by atoms with van der Waals surface area (Å²) >= 11 is 0. The van der Waals surface area contributed by atoms with Crippen LogP contribution < -0.4 is 15.5 Å². The zero-order chi connectivity index (χ0) is 14.5. The van der Waals surface area contributed by atoms with Crippen molar-refractivity contribution in [3.05, 3.63) is 23.9 Å². The molecule has 23 heavy (non-hydrogen) atoms. The van der Waals surface area contributed by atoms with E-state index in [1.807, 2.05) is 18.3 Å². The maximum absolute atomic E-state index is 11.9. The average Bonchev–Trinajstić information content (AvgIpc) is 3.08. The molecule has 0 radical (unpaired) electrons. The first-order valence-electron chi connectivity index (χ1n) is 7.63. The number of halogens is 2. The van der Waals surface area contributed by atoms with Crippen LogP contribution in [0.25, 0.3) is 0 Å². The van der Waals surface area contributed by atoms with Gasteiger partial charge < -0.3 is 20.3 Å². The monoisotopic (exact) mass is 362 g/mol. The van der Waals surface area contributed by atoms with Gasteiger partial charge in [0.05, 0.1) is 6.61 Å². The summed E-state index contributed by atoms with van der Waals surface area (Å²) in [5.41, 5.74) is 1.01.